The first-order chi connectivity index (χ1) is 7.77. The number of hydrogen-bond acceptors (Lipinski definition) is 3. The second-order valence-electron chi connectivity index (χ2n) is 3.17. The van der Waals surface area contributed by atoms with Crippen molar-refractivity contribution in [2.24, 2.45) is 0 Å². The summed E-state index contributed by atoms with van der Waals surface area (Å²) >= 11 is 0. The molecule has 0 aliphatic heterocycles. The van der Waals surface area contributed by atoms with Crippen molar-refractivity contribution < 1.29 is 14.5 Å². The molecule has 0 fully saturated rings. The Hall–Kier alpha value is -1.57. The van der Waals surface area contributed by atoms with Crippen molar-refractivity contribution in [2.45, 2.75) is 0 Å². The van der Waals surface area contributed by atoms with Crippen molar-refractivity contribution in [3.63, 3.8) is 0 Å². The van der Waals surface area contributed by atoms with Gasteiger partial charge < -0.3 is 14.5 Å². The van der Waals surface area contributed by atoms with Gasteiger partial charge in [-0.3, -0.25) is 0 Å². The smallest absolute Gasteiger partial charge is 0.262 e. The van der Waals surface area contributed by atoms with E-state index in [0.717, 1.165) is 0 Å². The lowest BCUT2D eigenvalue weighted by atomic mass is 10.3. The van der Waals surface area contributed by atoms with Crippen LogP contribution < -0.4 is 9.83 Å². The molecule has 2 rings (SSSR count). The summed E-state index contributed by atoms with van der Waals surface area (Å²) in [7, 11) is -1.73. The van der Waals surface area contributed by atoms with Crippen LogP contribution >= 0.6 is 8.38 Å². The average molecular weight is 234 g/mol. The van der Waals surface area contributed by atoms with Gasteiger partial charge in [0.25, 0.3) is 8.38 Å². The molecule has 0 saturated carbocycles. The summed E-state index contributed by atoms with van der Waals surface area (Å²) < 4.78 is 5.30. The van der Waals surface area contributed by atoms with Crippen molar-refractivity contribution in [1.82, 2.24) is 0 Å². The molecule has 82 valence electrons. The molecular weight excluding hydrogens is 223 g/mol. The van der Waals surface area contributed by atoms with Crippen molar-refractivity contribution >= 4 is 13.7 Å². The summed E-state index contributed by atoms with van der Waals surface area (Å²) in [4.78, 5) is 9.83. The van der Waals surface area contributed by atoms with Crippen LogP contribution in [0.4, 0.5) is 0 Å². The lowest BCUT2D eigenvalue weighted by Gasteiger charge is -2.12. The van der Waals surface area contributed by atoms with Crippen LogP contribution in [0.1, 0.15) is 0 Å². The van der Waals surface area contributed by atoms with Gasteiger partial charge in [0.2, 0.25) is 0 Å². The van der Waals surface area contributed by atoms with Gasteiger partial charge >= 0.3 is 0 Å². The maximum atomic E-state index is 9.83. The second-order valence-corrected chi connectivity index (χ2v) is 4.41. The summed E-state index contributed by atoms with van der Waals surface area (Å²) in [5.41, 5.74) is 0. The molecule has 3 nitrogen and oxygen atoms in total. The number of benzene rings is 2. The molecule has 2 N–H and O–H groups in total. The van der Waals surface area contributed by atoms with Crippen LogP contribution in [-0.2, 0) is 0 Å². The summed E-state index contributed by atoms with van der Waals surface area (Å²) in [5.74, 6) is 0.319. The van der Waals surface area contributed by atoms with Gasteiger partial charge in [-0.25, -0.2) is 0 Å². The number of hydrogen-bond donors (Lipinski definition) is 2. The van der Waals surface area contributed by atoms with Crippen LogP contribution in [0, 0.1) is 0 Å². The minimum Gasteiger partial charge on any atom is -0.504 e. The Morgan fingerprint density at radius 3 is 2.19 bits per heavy atom. The molecule has 0 bridgehead atoms. The first-order valence-corrected chi connectivity index (χ1v) is 5.98. The van der Waals surface area contributed by atoms with Gasteiger partial charge in [0.1, 0.15) is 0 Å². The highest BCUT2D eigenvalue weighted by molar-refractivity contribution is 7.55. The molecule has 16 heavy (non-hydrogen) atoms. The van der Waals surface area contributed by atoms with Gasteiger partial charge in [0, 0.05) is 5.30 Å². The fourth-order valence-electron chi connectivity index (χ4n) is 1.24. The molecule has 0 spiro atoms. The number of aromatic hydroxyl groups is 1. The van der Waals surface area contributed by atoms with Crippen LogP contribution in [0.25, 0.3) is 0 Å². The van der Waals surface area contributed by atoms with E-state index in [1.807, 2.05) is 18.2 Å². The van der Waals surface area contributed by atoms with E-state index in [4.69, 9.17) is 4.52 Å². The Labute approximate surface area is 94.9 Å². The fraction of sp³-hybridized carbons (Fsp3) is 0. The van der Waals surface area contributed by atoms with Crippen molar-refractivity contribution in [3.8, 4) is 11.5 Å². The van der Waals surface area contributed by atoms with Gasteiger partial charge in [0.05, 0.1) is 0 Å². The lowest BCUT2D eigenvalue weighted by Crippen LogP contribution is -2.03. The predicted molar refractivity (Wildman–Crippen MR) is 63.9 cm³/mol. The Bertz CT molecular complexity index is 459. The molecule has 4 heteroatoms. The number of para-hydroxylation sites is 2. The third-order valence-electron chi connectivity index (χ3n) is 2.03. The largest absolute Gasteiger partial charge is 0.504 e. The van der Waals surface area contributed by atoms with E-state index in [2.05, 4.69) is 0 Å². The van der Waals surface area contributed by atoms with Crippen LogP contribution in [0.15, 0.2) is 54.6 Å². The molecule has 2 aromatic carbocycles. The SMILES string of the molecule is Oc1ccccc1OP(O)c1ccccc1. The highest BCUT2D eigenvalue weighted by Crippen LogP contribution is 2.37. The molecule has 0 amide bonds. The summed E-state index contributed by atoms with van der Waals surface area (Å²) in [5, 5.41) is 10.2. The number of rotatable bonds is 3. The van der Waals surface area contributed by atoms with E-state index < -0.39 is 8.38 Å². The zero-order chi connectivity index (χ0) is 11.4. The maximum Gasteiger partial charge on any atom is 0.262 e. The molecular formula is C12H11O3P. The molecule has 0 saturated heterocycles. The Morgan fingerprint density at radius 2 is 1.50 bits per heavy atom. The van der Waals surface area contributed by atoms with E-state index in [1.165, 1.54) is 6.07 Å². The quantitative estimate of drug-likeness (QED) is 0.802. The fourth-order valence-corrected chi connectivity index (χ4v) is 2.11. The normalized spacial score (nSPS) is 12.1. The van der Waals surface area contributed by atoms with Crippen LogP contribution in [-0.4, -0.2) is 10.00 Å². The first-order valence-electron chi connectivity index (χ1n) is 4.77. The molecule has 0 heterocycles. The molecule has 0 aromatic heterocycles. The molecule has 1 unspecified atom stereocenters. The zero-order valence-corrected chi connectivity index (χ0v) is 9.34. The van der Waals surface area contributed by atoms with Gasteiger partial charge in [-0.05, 0) is 24.3 Å². The Kier molecular flexibility index (Phi) is 3.40. The summed E-state index contributed by atoms with van der Waals surface area (Å²) in [6.45, 7) is 0. The standard InChI is InChI=1S/C12H11O3P/c13-11-8-4-5-9-12(11)15-16(14)10-6-2-1-3-7-10/h1-9,13-14H. The van der Waals surface area contributed by atoms with E-state index >= 15 is 0 Å². The predicted octanol–water partition coefficient (Wildman–Crippen LogP) is 2.40. The topological polar surface area (TPSA) is 49.7 Å². The van der Waals surface area contributed by atoms with E-state index in [-0.39, 0.29) is 5.75 Å². The van der Waals surface area contributed by atoms with Gasteiger partial charge in [-0.15, -0.1) is 0 Å². The molecule has 2 aromatic rings. The molecule has 0 radical (unpaired) electrons. The van der Waals surface area contributed by atoms with E-state index in [1.54, 1.807) is 30.3 Å². The van der Waals surface area contributed by atoms with Crippen LogP contribution in [0.2, 0.25) is 0 Å². The van der Waals surface area contributed by atoms with E-state index in [9.17, 15) is 10.00 Å². The van der Waals surface area contributed by atoms with Crippen molar-refractivity contribution in [3.05, 3.63) is 54.6 Å². The lowest BCUT2D eigenvalue weighted by molar-refractivity contribution is 0.430. The third kappa shape index (κ3) is 2.51. The average Bonchev–Trinajstić information content (AvgIpc) is 2.33. The number of phenols is 1. The molecule has 1 atom stereocenters. The molecule has 0 aliphatic rings. The Balaban J connectivity index is 2.14. The van der Waals surface area contributed by atoms with Crippen molar-refractivity contribution in [1.29, 1.82) is 0 Å². The molecule has 0 aliphatic carbocycles. The zero-order valence-electron chi connectivity index (χ0n) is 8.45. The first kappa shape index (κ1) is 10.9. The van der Waals surface area contributed by atoms with Gasteiger partial charge in [-0.1, -0.05) is 30.3 Å². The van der Waals surface area contributed by atoms with Crippen LogP contribution in [0.5, 0.6) is 11.5 Å². The minimum atomic E-state index is -1.73. The van der Waals surface area contributed by atoms with E-state index in [0.29, 0.717) is 11.1 Å². The van der Waals surface area contributed by atoms with Gasteiger partial charge in [-0.2, -0.15) is 0 Å². The monoisotopic (exact) mass is 234 g/mol. The summed E-state index contributed by atoms with van der Waals surface area (Å²) in [6, 6.07) is 15.7. The highest BCUT2D eigenvalue weighted by atomic mass is 31.2. The summed E-state index contributed by atoms with van der Waals surface area (Å²) in [6.07, 6.45) is 0. The third-order valence-corrected chi connectivity index (χ3v) is 3.14. The van der Waals surface area contributed by atoms with Crippen molar-refractivity contribution in [2.75, 3.05) is 0 Å². The highest BCUT2D eigenvalue weighted by Gasteiger charge is 2.12. The van der Waals surface area contributed by atoms with Crippen LogP contribution in [0.3, 0.4) is 0 Å². The maximum absolute atomic E-state index is 9.83. The Morgan fingerprint density at radius 1 is 0.875 bits per heavy atom. The minimum absolute atomic E-state index is 0.0278. The number of phenolic OH excluding ortho intramolecular Hbond substituents is 1. The van der Waals surface area contributed by atoms with Gasteiger partial charge in [0.15, 0.2) is 11.5 Å². The second kappa shape index (κ2) is 4.97.